The highest BCUT2D eigenvalue weighted by Crippen LogP contribution is 2.28. The first kappa shape index (κ1) is 20.5. The Bertz CT molecular complexity index is 921. The van der Waals surface area contributed by atoms with Crippen LogP contribution in [0.3, 0.4) is 0 Å². The van der Waals surface area contributed by atoms with Crippen LogP contribution in [0.1, 0.15) is 36.1 Å². The number of nitrogen functional groups attached to an aromatic ring is 1. The summed E-state index contributed by atoms with van der Waals surface area (Å²) in [5.74, 6) is 0.647. The standard InChI is InChI=1S/C24H29N3O2/c1-4-22(18-9-6-5-7-10-18)24(28)27(17-21-11-8-14-29-21)16-19-15-20(25)12-13-23(19)26(2)3/h5-15,22H,4,16-17,25H2,1-3H3/t22-/m1/s1. The molecule has 1 aromatic heterocycles. The van der Waals surface area contributed by atoms with Gasteiger partial charge in [0, 0.05) is 32.0 Å². The van der Waals surface area contributed by atoms with E-state index in [9.17, 15) is 4.79 Å². The van der Waals surface area contributed by atoms with Crippen molar-refractivity contribution in [2.24, 2.45) is 0 Å². The molecule has 0 bridgehead atoms. The molecule has 2 aromatic carbocycles. The van der Waals surface area contributed by atoms with E-state index < -0.39 is 0 Å². The van der Waals surface area contributed by atoms with E-state index in [1.165, 1.54) is 0 Å². The molecule has 3 rings (SSSR count). The quantitative estimate of drug-likeness (QED) is 0.568. The van der Waals surface area contributed by atoms with Gasteiger partial charge in [0.1, 0.15) is 5.76 Å². The first-order valence-corrected chi connectivity index (χ1v) is 9.91. The average Bonchev–Trinajstić information content (AvgIpc) is 3.22. The van der Waals surface area contributed by atoms with Crippen molar-refractivity contribution in [2.75, 3.05) is 24.7 Å². The van der Waals surface area contributed by atoms with Gasteiger partial charge in [0.15, 0.2) is 0 Å². The summed E-state index contributed by atoms with van der Waals surface area (Å²) in [6, 6.07) is 19.5. The zero-order chi connectivity index (χ0) is 20.8. The third kappa shape index (κ3) is 4.99. The van der Waals surface area contributed by atoms with E-state index >= 15 is 0 Å². The topological polar surface area (TPSA) is 62.7 Å². The first-order chi connectivity index (χ1) is 14.0. The van der Waals surface area contributed by atoms with E-state index in [1.54, 1.807) is 6.26 Å². The van der Waals surface area contributed by atoms with E-state index in [1.807, 2.05) is 91.5 Å². The smallest absolute Gasteiger partial charge is 0.230 e. The summed E-state index contributed by atoms with van der Waals surface area (Å²) in [7, 11) is 3.99. The molecule has 1 atom stereocenters. The van der Waals surface area contributed by atoms with Gasteiger partial charge >= 0.3 is 0 Å². The summed E-state index contributed by atoms with van der Waals surface area (Å²) in [5.41, 5.74) is 9.83. The Labute approximate surface area is 172 Å². The van der Waals surface area contributed by atoms with E-state index in [0.29, 0.717) is 18.8 Å². The molecule has 0 saturated heterocycles. The molecular weight excluding hydrogens is 362 g/mol. The number of nitrogens with two attached hydrogens (primary N) is 1. The predicted molar refractivity (Wildman–Crippen MR) is 118 cm³/mol. The highest BCUT2D eigenvalue weighted by Gasteiger charge is 2.26. The Morgan fingerprint density at radius 3 is 2.41 bits per heavy atom. The average molecular weight is 392 g/mol. The molecule has 0 aliphatic heterocycles. The lowest BCUT2D eigenvalue weighted by Gasteiger charge is -2.28. The van der Waals surface area contributed by atoms with Crippen LogP contribution in [0, 0.1) is 0 Å². The van der Waals surface area contributed by atoms with Crippen LogP contribution in [0.4, 0.5) is 11.4 Å². The van der Waals surface area contributed by atoms with Gasteiger partial charge < -0.3 is 20.0 Å². The number of hydrogen-bond donors (Lipinski definition) is 1. The molecule has 0 radical (unpaired) electrons. The fourth-order valence-electron chi connectivity index (χ4n) is 3.64. The van der Waals surface area contributed by atoms with Crippen LogP contribution in [0.2, 0.25) is 0 Å². The third-order valence-electron chi connectivity index (χ3n) is 5.09. The van der Waals surface area contributed by atoms with Gasteiger partial charge in [-0.1, -0.05) is 37.3 Å². The maximum Gasteiger partial charge on any atom is 0.230 e. The van der Waals surface area contributed by atoms with Crippen LogP contribution in [0.15, 0.2) is 71.3 Å². The number of rotatable bonds is 8. The third-order valence-corrected chi connectivity index (χ3v) is 5.09. The number of furan rings is 1. The summed E-state index contributed by atoms with van der Waals surface area (Å²) in [5, 5.41) is 0. The Kier molecular flexibility index (Phi) is 6.60. The number of hydrogen-bond acceptors (Lipinski definition) is 4. The van der Waals surface area contributed by atoms with Crippen molar-refractivity contribution in [3.8, 4) is 0 Å². The Hall–Kier alpha value is -3.21. The van der Waals surface area contributed by atoms with Crippen LogP contribution in [-0.2, 0) is 17.9 Å². The summed E-state index contributed by atoms with van der Waals surface area (Å²) >= 11 is 0. The maximum atomic E-state index is 13.6. The van der Waals surface area contributed by atoms with Crippen molar-refractivity contribution < 1.29 is 9.21 Å². The Morgan fingerprint density at radius 2 is 1.79 bits per heavy atom. The number of carbonyl (C=O) groups is 1. The molecule has 2 N–H and O–H groups in total. The largest absolute Gasteiger partial charge is 0.467 e. The van der Waals surface area contributed by atoms with Crippen molar-refractivity contribution >= 4 is 17.3 Å². The van der Waals surface area contributed by atoms with Crippen molar-refractivity contribution in [3.63, 3.8) is 0 Å². The van der Waals surface area contributed by atoms with Gasteiger partial charge in [0.2, 0.25) is 5.91 Å². The van der Waals surface area contributed by atoms with E-state index in [4.69, 9.17) is 10.2 Å². The molecule has 29 heavy (non-hydrogen) atoms. The SMILES string of the molecule is CC[C@@H](C(=O)N(Cc1ccco1)Cc1cc(N)ccc1N(C)C)c1ccccc1. The first-order valence-electron chi connectivity index (χ1n) is 9.91. The lowest BCUT2D eigenvalue weighted by atomic mass is 9.94. The summed E-state index contributed by atoms with van der Waals surface area (Å²) in [4.78, 5) is 17.5. The van der Waals surface area contributed by atoms with Gasteiger partial charge in [0.05, 0.1) is 18.7 Å². The molecule has 3 aromatic rings. The number of amides is 1. The van der Waals surface area contributed by atoms with Gasteiger partial charge in [-0.05, 0) is 47.9 Å². The van der Waals surface area contributed by atoms with Crippen molar-refractivity contribution in [3.05, 3.63) is 83.8 Å². The molecular formula is C24H29N3O2. The zero-order valence-corrected chi connectivity index (χ0v) is 17.3. The summed E-state index contributed by atoms with van der Waals surface area (Å²) in [6.45, 7) is 2.92. The lowest BCUT2D eigenvalue weighted by Crippen LogP contribution is -2.34. The van der Waals surface area contributed by atoms with Crippen LogP contribution < -0.4 is 10.6 Å². The Morgan fingerprint density at radius 1 is 1.03 bits per heavy atom. The van der Waals surface area contributed by atoms with Crippen LogP contribution >= 0.6 is 0 Å². The number of carbonyl (C=O) groups excluding carboxylic acids is 1. The summed E-state index contributed by atoms with van der Waals surface area (Å²) in [6.07, 6.45) is 2.37. The minimum absolute atomic E-state index is 0.0854. The second-order valence-corrected chi connectivity index (χ2v) is 7.43. The fourth-order valence-corrected chi connectivity index (χ4v) is 3.64. The Balaban J connectivity index is 1.95. The molecule has 0 spiro atoms. The van der Waals surface area contributed by atoms with Crippen LogP contribution in [0.5, 0.6) is 0 Å². The number of benzene rings is 2. The van der Waals surface area contributed by atoms with Crippen molar-refractivity contribution in [2.45, 2.75) is 32.4 Å². The van der Waals surface area contributed by atoms with Gasteiger partial charge in [-0.2, -0.15) is 0 Å². The normalized spacial score (nSPS) is 11.8. The maximum absolute atomic E-state index is 13.6. The zero-order valence-electron chi connectivity index (χ0n) is 17.3. The van der Waals surface area contributed by atoms with E-state index in [2.05, 4.69) is 0 Å². The van der Waals surface area contributed by atoms with Crippen LogP contribution in [-0.4, -0.2) is 24.9 Å². The molecule has 0 aliphatic carbocycles. The van der Waals surface area contributed by atoms with Gasteiger partial charge in [0.25, 0.3) is 0 Å². The molecule has 152 valence electrons. The summed E-state index contributed by atoms with van der Waals surface area (Å²) < 4.78 is 5.54. The van der Waals surface area contributed by atoms with E-state index in [0.717, 1.165) is 29.0 Å². The second kappa shape index (κ2) is 9.32. The minimum Gasteiger partial charge on any atom is -0.467 e. The molecule has 0 aliphatic rings. The molecule has 0 saturated carbocycles. The van der Waals surface area contributed by atoms with Crippen LogP contribution in [0.25, 0.3) is 0 Å². The molecule has 0 fully saturated rings. The van der Waals surface area contributed by atoms with Gasteiger partial charge in [-0.25, -0.2) is 0 Å². The molecule has 0 unspecified atom stereocenters. The van der Waals surface area contributed by atoms with E-state index in [-0.39, 0.29) is 11.8 Å². The second-order valence-electron chi connectivity index (χ2n) is 7.43. The molecule has 1 amide bonds. The van der Waals surface area contributed by atoms with Gasteiger partial charge in [-0.15, -0.1) is 0 Å². The van der Waals surface area contributed by atoms with Gasteiger partial charge in [-0.3, -0.25) is 4.79 Å². The van der Waals surface area contributed by atoms with Crippen molar-refractivity contribution in [1.82, 2.24) is 4.90 Å². The molecule has 5 heteroatoms. The molecule has 1 heterocycles. The fraction of sp³-hybridized carbons (Fsp3) is 0.292. The minimum atomic E-state index is -0.199. The number of nitrogens with zero attached hydrogens (tertiary/aromatic N) is 2. The predicted octanol–water partition coefficient (Wildman–Crippen LogP) is 4.65. The molecule has 5 nitrogen and oxygen atoms in total. The van der Waals surface area contributed by atoms with Crippen molar-refractivity contribution in [1.29, 1.82) is 0 Å². The monoisotopic (exact) mass is 391 g/mol. The highest BCUT2D eigenvalue weighted by atomic mass is 16.3. The number of anilines is 2. The lowest BCUT2D eigenvalue weighted by molar-refractivity contribution is -0.134. The highest BCUT2D eigenvalue weighted by molar-refractivity contribution is 5.84.